The van der Waals surface area contributed by atoms with E-state index in [2.05, 4.69) is 37.4 Å². The van der Waals surface area contributed by atoms with Gasteiger partial charge in [-0.1, -0.05) is 31.0 Å². The number of piperidine rings is 1. The van der Waals surface area contributed by atoms with E-state index in [0.29, 0.717) is 5.92 Å². The number of carbonyl (C=O) groups excluding carboxylic acids is 1. The smallest absolute Gasteiger partial charge is 0.244 e. The van der Waals surface area contributed by atoms with Crippen molar-refractivity contribution in [1.82, 2.24) is 5.32 Å². The standard InChI is InChI=1S/C18H26N2O/c1-3-14-8-9-19-16(12-14)18(21)20-10-4-5-15-11-13(2)6-7-17(15)20/h6-7,11,14,16,19H,3-5,8-10,12H2,1-2H3. The fourth-order valence-electron chi connectivity index (χ4n) is 3.70. The van der Waals surface area contributed by atoms with Crippen molar-refractivity contribution in [2.45, 2.75) is 52.0 Å². The van der Waals surface area contributed by atoms with Crippen LogP contribution in [0, 0.1) is 12.8 Å². The average molecular weight is 286 g/mol. The van der Waals surface area contributed by atoms with Crippen LogP contribution in [0.3, 0.4) is 0 Å². The summed E-state index contributed by atoms with van der Waals surface area (Å²) in [6.07, 6.45) is 5.55. The van der Waals surface area contributed by atoms with E-state index >= 15 is 0 Å². The van der Waals surface area contributed by atoms with Crippen LogP contribution in [0.4, 0.5) is 5.69 Å². The summed E-state index contributed by atoms with van der Waals surface area (Å²) in [7, 11) is 0. The fraction of sp³-hybridized carbons (Fsp3) is 0.611. The summed E-state index contributed by atoms with van der Waals surface area (Å²) in [5.41, 5.74) is 3.75. The molecule has 21 heavy (non-hydrogen) atoms. The Hall–Kier alpha value is -1.35. The van der Waals surface area contributed by atoms with E-state index in [1.54, 1.807) is 0 Å². The Kier molecular flexibility index (Phi) is 4.29. The Labute approximate surface area is 127 Å². The van der Waals surface area contributed by atoms with Gasteiger partial charge in [0, 0.05) is 12.2 Å². The first kappa shape index (κ1) is 14.6. The summed E-state index contributed by atoms with van der Waals surface area (Å²) in [5, 5.41) is 3.43. The molecule has 2 heterocycles. The Morgan fingerprint density at radius 2 is 2.29 bits per heavy atom. The molecule has 0 aliphatic carbocycles. The molecule has 0 spiro atoms. The second-order valence-corrected chi connectivity index (χ2v) is 6.53. The van der Waals surface area contributed by atoms with Crippen molar-refractivity contribution in [3.63, 3.8) is 0 Å². The van der Waals surface area contributed by atoms with Gasteiger partial charge in [-0.15, -0.1) is 0 Å². The van der Waals surface area contributed by atoms with Gasteiger partial charge in [-0.2, -0.15) is 0 Å². The maximum atomic E-state index is 12.9. The number of aryl methyl sites for hydroxylation is 2. The molecule has 0 radical (unpaired) electrons. The monoisotopic (exact) mass is 286 g/mol. The third kappa shape index (κ3) is 2.98. The number of carbonyl (C=O) groups is 1. The van der Waals surface area contributed by atoms with Crippen molar-refractivity contribution in [1.29, 1.82) is 0 Å². The van der Waals surface area contributed by atoms with E-state index in [1.807, 2.05) is 4.90 Å². The molecule has 1 N–H and O–H groups in total. The number of amides is 1. The average Bonchev–Trinajstić information content (AvgIpc) is 2.53. The summed E-state index contributed by atoms with van der Waals surface area (Å²) in [6.45, 7) is 6.19. The molecule has 1 amide bonds. The van der Waals surface area contributed by atoms with Crippen LogP contribution in [0.2, 0.25) is 0 Å². The zero-order valence-electron chi connectivity index (χ0n) is 13.2. The van der Waals surface area contributed by atoms with E-state index < -0.39 is 0 Å². The number of nitrogens with zero attached hydrogens (tertiary/aromatic N) is 1. The van der Waals surface area contributed by atoms with Gasteiger partial charge in [0.1, 0.15) is 0 Å². The van der Waals surface area contributed by atoms with E-state index in [1.165, 1.54) is 24.0 Å². The largest absolute Gasteiger partial charge is 0.311 e. The van der Waals surface area contributed by atoms with Crippen LogP contribution in [0.1, 0.15) is 43.7 Å². The summed E-state index contributed by atoms with van der Waals surface area (Å²) in [5.74, 6) is 0.973. The topological polar surface area (TPSA) is 32.3 Å². The van der Waals surface area contributed by atoms with Crippen LogP contribution >= 0.6 is 0 Å². The van der Waals surface area contributed by atoms with Crippen LogP contribution in [0.15, 0.2) is 18.2 Å². The molecule has 0 saturated carbocycles. The summed E-state index contributed by atoms with van der Waals surface area (Å²) < 4.78 is 0. The Morgan fingerprint density at radius 1 is 1.43 bits per heavy atom. The molecule has 2 aliphatic heterocycles. The van der Waals surface area contributed by atoms with E-state index in [-0.39, 0.29) is 11.9 Å². The van der Waals surface area contributed by atoms with Gasteiger partial charge in [-0.3, -0.25) is 4.79 Å². The number of benzene rings is 1. The minimum absolute atomic E-state index is 0.0101. The van der Waals surface area contributed by atoms with Crippen molar-refractivity contribution in [3.8, 4) is 0 Å². The molecule has 114 valence electrons. The lowest BCUT2D eigenvalue weighted by atomic mass is 9.89. The lowest BCUT2D eigenvalue weighted by molar-refractivity contribution is -0.121. The molecule has 1 fully saturated rings. The van der Waals surface area contributed by atoms with E-state index in [0.717, 1.165) is 38.0 Å². The molecule has 0 bridgehead atoms. The van der Waals surface area contributed by atoms with Gasteiger partial charge in [0.05, 0.1) is 6.04 Å². The lowest BCUT2D eigenvalue weighted by Crippen LogP contribution is -2.51. The first-order valence-electron chi connectivity index (χ1n) is 8.33. The molecule has 3 nitrogen and oxygen atoms in total. The second kappa shape index (κ2) is 6.18. The van der Waals surface area contributed by atoms with Crippen LogP contribution in [-0.4, -0.2) is 25.0 Å². The normalized spacial score (nSPS) is 25.5. The minimum atomic E-state index is 0.0101. The molecule has 0 aromatic heterocycles. The maximum Gasteiger partial charge on any atom is 0.244 e. The number of hydrogen-bond donors (Lipinski definition) is 1. The Bertz CT molecular complexity index is 526. The molecule has 1 saturated heterocycles. The lowest BCUT2D eigenvalue weighted by Gasteiger charge is -2.36. The zero-order chi connectivity index (χ0) is 14.8. The highest BCUT2D eigenvalue weighted by Crippen LogP contribution is 2.30. The predicted molar refractivity (Wildman–Crippen MR) is 86.7 cm³/mol. The fourth-order valence-corrected chi connectivity index (χ4v) is 3.70. The summed E-state index contributed by atoms with van der Waals surface area (Å²) in [4.78, 5) is 14.9. The third-order valence-electron chi connectivity index (χ3n) is 5.01. The Morgan fingerprint density at radius 3 is 3.10 bits per heavy atom. The highest BCUT2D eigenvalue weighted by molar-refractivity contribution is 5.98. The third-order valence-corrected chi connectivity index (χ3v) is 5.01. The van der Waals surface area contributed by atoms with Gasteiger partial charge >= 0.3 is 0 Å². The predicted octanol–water partition coefficient (Wildman–Crippen LogP) is 3.05. The molecule has 1 aromatic carbocycles. The van der Waals surface area contributed by atoms with Crippen LogP contribution in [0.5, 0.6) is 0 Å². The van der Waals surface area contributed by atoms with Crippen LogP contribution in [-0.2, 0) is 11.2 Å². The van der Waals surface area contributed by atoms with E-state index in [4.69, 9.17) is 0 Å². The second-order valence-electron chi connectivity index (χ2n) is 6.53. The summed E-state index contributed by atoms with van der Waals surface area (Å²) in [6, 6.07) is 6.49. The van der Waals surface area contributed by atoms with Gasteiger partial charge in [0.2, 0.25) is 5.91 Å². The van der Waals surface area contributed by atoms with Crippen LogP contribution < -0.4 is 10.2 Å². The number of nitrogens with one attached hydrogen (secondary N) is 1. The molecule has 2 aliphatic rings. The molecule has 3 rings (SSSR count). The molecular weight excluding hydrogens is 260 g/mol. The van der Waals surface area contributed by atoms with Crippen molar-refractivity contribution in [3.05, 3.63) is 29.3 Å². The van der Waals surface area contributed by atoms with E-state index in [9.17, 15) is 4.79 Å². The molecular formula is C18H26N2O. The highest BCUT2D eigenvalue weighted by atomic mass is 16.2. The van der Waals surface area contributed by atoms with Crippen molar-refractivity contribution >= 4 is 11.6 Å². The summed E-state index contributed by atoms with van der Waals surface area (Å²) >= 11 is 0. The first-order chi connectivity index (χ1) is 10.2. The first-order valence-corrected chi connectivity index (χ1v) is 8.33. The molecule has 3 heteroatoms. The zero-order valence-corrected chi connectivity index (χ0v) is 13.2. The highest BCUT2D eigenvalue weighted by Gasteiger charge is 2.31. The quantitative estimate of drug-likeness (QED) is 0.906. The molecule has 1 aromatic rings. The van der Waals surface area contributed by atoms with Crippen molar-refractivity contribution < 1.29 is 4.79 Å². The number of anilines is 1. The number of hydrogen-bond acceptors (Lipinski definition) is 2. The van der Waals surface area contributed by atoms with Crippen molar-refractivity contribution in [2.24, 2.45) is 5.92 Å². The van der Waals surface area contributed by atoms with Gasteiger partial charge in [-0.25, -0.2) is 0 Å². The van der Waals surface area contributed by atoms with Gasteiger partial charge in [0.25, 0.3) is 0 Å². The maximum absolute atomic E-state index is 12.9. The van der Waals surface area contributed by atoms with Gasteiger partial charge in [0.15, 0.2) is 0 Å². The Balaban J connectivity index is 1.80. The molecule has 2 unspecified atom stereocenters. The van der Waals surface area contributed by atoms with Crippen molar-refractivity contribution in [2.75, 3.05) is 18.0 Å². The van der Waals surface area contributed by atoms with Crippen LogP contribution in [0.25, 0.3) is 0 Å². The number of rotatable bonds is 2. The number of fused-ring (bicyclic) bond motifs is 1. The van der Waals surface area contributed by atoms with Gasteiger partial charge < -0.3 is 10.2 Å². The minimum Gasteiger partial charge on any atom is -0.311 e. The van der Waals surface area contributed by atoms with Gasteiger partial charge in [-0.05, 0) is 56.7 Å². The molecule has 2 atom stereocenters. The SMILES string of the molecule is CCC1CCNC(C(=O)N2CCCc3cc(C)ccc32)C1.